The quantitative estimate of drug-likeness (QED) is 0.133. The fraction of sp³-hybridized carbons (Fsp3) is 0.250. The maximum atomic E-state index is 14.6. The fourth-order valence-electron chi connectivity index (χ4n) is 9.76. The molecular weight excluding hydrogens is 593 g/mol. The molecule has 0 saturated carbocycles. The van der Waals surface area contributed by atoms with Gasteiger partial charge in [0.25, 0.3) is 0 Å². The van der Waals surface area contributed by atoms with Gasteiger partial charge in [-0.15, -0.1) is 0 Å². The summed E-state index contributed by atoms with van der Waals surface area (Å²) in [6.07, 6.45) is 2.27. The van der Waals surface area contributed by atoms with Gasteiger partial charge >= 0.3 is 0 Å². The standard InChI is InChI=1S/C48H50O/c1-5-46(38-26-14-8-15-27-38,39-28-16-9-17-29-39)44(47(6-2,40-30-18-10-19-31-40)41-32-20-11-21-33-41)45(4,49)48(7-3,42-34-22-12-23-35-42)43-36-24-13-25-37-43/h8-37,44,49H,5-7H2,1-4H3. The minimum absolute atomic E-state index is 0.363. The smallest absolute Gasteiger partial charge is 0.0807 e. The van der Waals surface area contributed by atoms with Crippen molar-refractivity contribution in [2.24, 2.45) is 5.92 Å². The molecule has 248 valence electrons. The van der Waals surface area contributed by atoms with Crippen LogP contribution in [0.4, 0.5) is 0 Å². The molecule has 6 rings (SSSR count). The minimum Gasteiger partial charge on any atom is -0.389 e. The second kappa shape index (κ2) is 14.4. The Hall–Kier alpha value is -4.72. The first-order valence-corrected chi connectivity index (χ1v) is 18.0. The van der Waals surface area contributed by atoms with E-state index in [-0.39, 0.29) is 5.92 Å². The van der Waals surface area contributed by atoms with Crippen LogP contribution in [0.25, 0.3) is 0 Å². The molecule has 1 unspecified atom stereocenters. The SMILES string of the molecule is CCC(c1ccccc1)(c1ccccc1)C(C(CC)(c1ccccc1)c1ccccc1)C(C)(O)C(CC)(c1ccccc1)c1ccccc1. The normalized spacial score (nSPS) is 13.6. The zero-order valence-corrected chi connectivity index (χ0v) is 29.5. The molecule has 0 aliphatic carbocycles. The van der Waals surface area contributed by atoms with E-state index in [1.165, 1.54) is 22.3 Å². The van der Waals surface area contributed by atoms with E-state index in [1.807, 2.05) is 0 Å². The van der Waals surface area contributed by atoms with Crippen molar-refractivity contribution in [3.8, 4) is 0 Å². The molecule has 0 aromatic heterocycles. The Morgan fingerprint density at radius 1 is 0.367 bits per heavy atom. The van der Waals surface area contributed by atoms with Gasteiger partial charge in [0.2, 0.25) is 0 Å². The summed E-state index contributed by atoms with van der Waals surface area (Å²) < 4.78 is 0. The first-order chi connectivity index (χ1) is 23.9. The number of hydrogen-bond donors (Lipinski definition) is 1. The van der Waals surface area contributed by atoms with Crippen LogP contribution in [0.5, 0.6) is 0 Å². The van der Waals surface area contributed by atoms with E-state index in [9.17, 15) is 5.11 Å². The van der Waals surface area contributed by atoms with Gasteiger partial charge < -0.3 is 5.11 Å². The maximum absolute atomic E-state index is 14.6. The first-order valence-electron chi connectivity index (χ1n) is 18.0. The molecule has 0 amide bonds. The minimum atomic E-state index is -1.33. The number of aliphatic hydroxyl groups is 1. The molecular formula is C48H50O. The van der Waals surface area contributed by atoms with E-state index < -0.39 is 21.8 Å². The summed E-state index contributed by atoms with van der Waals surface area (Å²) in [6, 6.07) is 65.5. The van der Waals surface area contributed by atoms with Gasteiger partial charge in [0.1, 0.15) is 0 Å². The Balaban J connectivity index is 1.87. The molecule has 0 spiro atoms. The average Bonchev–Trinajstić information content (AvgIpc) is 3.18. The highest BCUT2D eigenvalue weighted by atomic mass is 16.3. The van der Waals surface area contributed by atoms with Crippen LogP contribution >= 0.6 is 0 Å². The van der Waals surface area contributed by atoms with Gasteiger partial charge in [-0.1, -0.05) is 203 Å². The zero-order chi connectivity index (χ0) is 34.4. The lowest BCUT2D eigenvalue weighted by atomic mass is 9.42. The predicted molar refractivity (Wildman–Crippen MR) is 206 cm³/mol. The van der Waals surface area contributed by atoms with E-state index in [0.717, 1.165) is 24.0 Å². The molecule has 6 aromatic rings. The summed E-state index contributed by atoms with van der Waals surface area (Å²) in [6.45, 7) is 9.05. The van der Waals surface area contributed by atoms with Crippen molar-refractivity contribution < 1.29 is 5.11 Å². The maximum Gasteiger partial charge on any atom is 0.0807 e. The highest BCUT2D eigenvalue weighted by Gasteiger charge is 2.65. The summed E-state index contributed by atoms with van der Waals surface area (Å²) in [5, 5.41) is 14.6. The molecule has 0 bridgehead atoms. The van der Waals surface area contributed by atoms with Crippen molar-refractivity contribution in [2.75, 3.05) is 0 Å². The van der Waals surface area contributed by atoms with Crippen LogP contribution in [0.3, 0.4) is 0 Å². The highest BCUT2D eigenvalue weighted by molar-refractivity contribution is 5.53. The molecule has 0 aliphatic heterocycles. The lowest BCUT2D eigenvalue weighted by Gasteiger charge is -2.62. The van der Waals surface area contributed by atoms with Gasteiger partial charge in [-0.3, -0.25) is 0 Å². The third-order valence-electron chi connectivity index (χ3n) is 11.7. The first kappa shape index (κ1) is 34.2. The molecule has 6 aromatic carbocycles. The summed E-state index contributed by atoms with van der Waals surface area (Å²) in [4.78, 5) is 0. The van der Waals surface area contributed by atoms with Crippen LogP contribution in [-0.4, -0.2) is 10.7 Å². The second-order valence-corrected chi connectivity index (χ2v) is 13.7. The van der Waals surface area contributed by atoms with Crippen molar-refractivity contribution in [1.29, 1.82) is 0 Å². The van der Waals surface area contributed by atoms with Crippen molar-refractivity contribution >= 4 is 0 Å². The second-order valence-electron chi connectivity index (χ2n) is 13.7. The van der Waals surface area contributed by atoms with Gasteiger partial charge in [-0.2, -0.15) is 0 Å². The molecule has 1 atom stereocenters. The van der Waals surface area contributed by atoms with Gasteiger partial charge in [0, 0.05) is 22.2 Å². The highest BCUT2D eigenvalue weighted by Crippen LogP contribution is 2.63. The van der Waals surface area contributed by atoms with Gasteiger partial charge in [-0.25, -0.2) is 0 Å². The number of hydrogen-bond acceptors (Lipinski definition) is 1. The van der Waals surface area contributed by atoms with Crippen LogP contribution in [0.15, 0.2) is 182 Å². The van der Waals surface area contributed by atoms with Crippen LogP contribution in [0.2, 0.25) is 0 Å². The zero-order valence-electron chi connectivity index (χ0n) is 29.5. The van der Waals surface area contributed by atoms with Crippen LogP contribution < -0.4 is 0 Å². The third-order valence-corrected chi connectivity index (χ3v) is 11.7. The van der Waals surface area contributed by atoms with E-state index in [1.54, 1.807) is 0 Å². The van der Waals surface area contributed by atoms with Gasteiger partial charge in [-0.05, 0) is 59.6 Å². The van der Waals surface area contributed by atoms with Gasteiger partial charge in [0.15, 0.2) is 0 Å². The largest absolute Gasteiger partial charge is 0.389 e. The van der Waals surface area contributed by atoms with Crippen molar-refractivity contribution in [3.05, 3.63) is 215 Å². The number of benzene rings is 6. The molecule has 0 radical (unpaired) electrons. The molecule has 0 saturated heterocycles. The Bertz CT molecular complexity index is 1650. The third kappa shape index (κ3) is 5.55. The average molecular weight is 643 g/mol. The Labute approximate surface area is 294 Å². The molecule has 0 heterocycles. The summed E-state index contributed by atoms with van der Waals surface area (Å²) in [7, 11) is 0. The van der Waals surface area contributed by atoms with E-state index in [4.69, 9.17) is 0 Å². The molecule has 1 heteroatoms. The molecule has 0 aliphatic rings. The molecule has 1 N–H and O–H groups in total. The monoisotopic (exact) mass is 642 g/mol. The van der Waals surface area contributed by atoms with E-state index >= 15 is 0 Å². The lowest BCUT2D eigenvalue weighted by molar-refractivity contribution is -0.108. The topological polar surface area (TPSA) is 20.2 Å². The molecule has 0 fully saturated rings. The van der Waals surface area contributed by atoms with Crippen LogP contribution in [-0.2, 0) is 16.2 Å². The van der Waals surface area contributed by atoms with Crippen molar-refractivity contribution in [3.63, 3.8) is 0 Å². The van der Waals surface area contributed by atoms with E-state index in [0.29, 0.717) is 6.42 Å². The van der Waals surface area contributed by atoms with Gasteiger partial charge in [0.05, 0.1) is 5.60 Å². The Morgan fingerprint density at radius 2 is 0.592 bits per heavy atom. The Morgan fingerprint density at radius 3 is 0.796 bits per heavy atom. The predicted octanol–water partition coefficient (Wildman–Crippen LogP) is 11.5. The summed E-state index contributed by atoms with van der Waals surface area (Å²) >= 11 is 0. The van der Waals surface area contributed by atoms with Crippen LogP contribution in [0, 0.1) is 5.92 Å². The summed E-state index contributed by atoms with van der Waals surface area (Å²) in [5.74, 6) is -0.363. The van der Waals surface area contributed by atoms with Crippen molar-refractivity contribution in [1.82, 2.24) is 0 Å². The number of rotatable bonds is 13. The fourth-order valence-corrected chi connectivity index (χ4v) is 9.76. The lowest BCUT2D eigenvalue weighted by Crippen LogP contribution is -2.66. The van der Waals surface area contributed by atoms with Crippen LogP contribution in [0.1, 0.15) is 80.3 Å². The van der Waals surface area contributed by atoms with Crippen molar-refractivity contribution in [2.45, 2.75) is 68.8 Å². The summed E-state index contributed by atoms with van der Waals surface area (Å²) in [5.41, 5.74) is 3.77. The molecule has 1 nitrogen and oxygen atoms in total. The van der Waals surface area contributed by atoms with E-state index in [2.05, 4.69) is 210 Å². The Kier molecular flexibility index (Phi) is 10.0. The molecule has 49 heavy (non-hydrogen) atoms.